The molecule has 0 unspecified atom stereocenters. The second-order valence-electron chi connectivity index (χ2n) is 6.30. The van der Waals surface area contributed by atoms with Gasteiger partial charge in [-0.2, -0.15) is 5.10 Å². The first kappa shape index (κ1) is 21.4. The fourth-order valence-corrected chi connectivity index (χ4v) is 3.85. The van der Waals surface area contributed by atoms with Crippen molar-refractivity contribution in [2.75, 3.05) is 6.61 Å². The zero-order chi connectivity index (χ0) is 21.0. The number of hydrogen-bond acceptors (Lipinski definition) is 4. The zero-order valence-corrected chi connectivity index (χ0v) is 18.7. The number of aryl methyl sites for hydroxylation is 2. The van der Waals surface area contributed by atoms with Crippen molar-refractivity contribution in [3.63, 3.8) is 0 Å². The highest BCUT2D eigenvalue weighted by molar-refractivity contribution is 9.10. The van der Waals surface area contributed by atoms with E-state index in [4.69, 9.17) is 32.4 Å². The fraction of sp³-hybridized carbons (Fsp3) is 0.143. The first-order chi connectivity index (χ1) is 13.8. The lowest BCUT2D eigenvalue weighted by molar-refractivity contribution is -0.123. The van der Waals surface area contributed by atoms with Crippen molar-refractivity contribution in [2.45, 2.75) is 13.8 Å². The van der Waals surface area contributed by atoms with Gasteiger partial charge < -0.3 is 9.15 Å². The predicted octanol–water partition coefficient (Wildman–Crippen LogP) is 6.16. The molecule has 1 heterocycles. The Kier molecular flexibility index (Phi) is 7.00. The molecular formula is C21H17BrCl2N2O3. The number of furan rings is 1. The van der Waals surface area contributed by atoms with Crippen LogP contribution in [-0.4, -0.2) is 18.7 Å². The molecule has 3 aromatic rings. The first-order valence-electron chi connectivity index (χ1n) is 8.60. The fourth-order valence-electron chi connectivity index (χ4n) is 2.68. The van der Waals surface area contributed by atoms with E-state index < -0.39 is 5.91 Å². The normalized spacial score (nSPS) is 11.1. The van der Waals surface area contributed by atoms with Crippen molar-refractivity contribution in [3.8, 4) is 17.1 Å². The standard InChI is InChI=1S/C21H17BrCl2N2O3/c1-12-7-13(2)21(17(22)8-12)28-11-20(27)26-25-10-15-4-6-19(29-15)16-9-14(23)3-5-18(16)24/h3-10H,11H2,1-2H3,(H,26,27). The van der Waals surface area contributed by atoms with Crippen LogP contribution in [0.5, 0.6) is 5.75 Å². The third-order valence-electron chi connectivity index (χ3n) is 3.92. The molecule has 3 rings (SSSR count). The van der Waals surface area contributed by atoms with Crippen LogP contribution in [0.4, 0.5) is 0 Å². The first-order valence-corrected chi connectivity index (χ1v) is 10.1. The maximum Gasteiger partial charge on any atom is 0.277 e. The Balaban J connectivity index is 1.57. The Hall–Kier alpha value is -2.28. The Morgan fingerprint density at radius 2 is 2.00 bits per heavy atom. The van der Waals surface area contributed by atoms with E-state index in [9.17, 15) is 4.79 Å². The molecule has 0 aliphatic carbocycles. The molecule has 1 N–H and O–H groups in total. The lowest BCUT2D eigenvalue weighted by Crippen LogP contribution is -2.24. The molecule has 0 spiro atoms. The van der Waals surface area contributed by atoms with Crippen molar-refractivity contribution in [2.24, 2.45) is 5.10 Å². The summed E-state index contributed by atoms with van der Waals surface area (Å²) in [5, 5.41) is 4.97. The van der Waals surface area contributed by atoms with E-state index in [0.29, 0.717) is 32.9 Å². The lowest BCUT2D eigenvalue weighted by atomic mass is 10.1. The second kappa shape index (κ2) is 9.48. The minimum absolute atomic E-state index is 0.165. The molecule has 150 valence electrons. The quantitative estimate of drug-likeness (QED) is 0.329. The largest absolute Gasteiger partial charge is 0.482 e. The number of carbonyl (C=O) groups excluding carboxylic acids is 1. The van der Waals surface area contributed by atoms with Crippen molar-refractivity contribution >= 4 is 51.3 Å². The number of ether oxygens (including phenoxy) is 1. The second-order valence-corrected chi connectivity index (χ2v) is 8.00. The summed E-state index contributed by atoms with van der Waals surface area (Å²) in [7, 11) is 0. The molecule has 29 heavy (non-hydrogen) atoms. The van der Waals surface area contributed by atoms with Gasteiger partial charge in [-0.05, 0) is 77.3 Å². The monoisotopic (exact) mass is 494 g/mol. The van der Waals surface area contributed by atoms with Gasteiger partial charge in [0, 0.05) is 10.6 Å². The van der Waals surface area contributed by atoms with Gasteiger partial charge in [-0.1, -0.05) is 29.3 Å². The smallest absolute Gasteiger partial charge is 0.277 e. The van der Waals surface area contributed by atoms with Crippen LogP contribution in [0.2, 0.25) is 10.0 Å². The third kappa shape index (κ3) is 5.63. The van der Waals surface area contributed by atoms with E-state index in [1.807, 2.05) is 26.0 Å². The van der Waals surface area contributed by atoms with E-state index in [1.54, 1.807) is 30.3 Å². The van der Waals surface area contributed by atoms with Gasteiger partial charge in [0.1, 0.15) is 17.3 Å². The summed E-state index contributed by atoms with van der Waals surface area (Å²) in [4.78, 5) is 12.0. The number of hydrogen-bond donors (Lipinski definition) is 1. The van der Waals surface area contributed by atoms with Crippen LogP contribution in [0, 0.1) is 13.8 Å². The van der Waals surface area contributed by atoms with Crippen LogP contribution in [-0.2, 0) is 4.79 Å². The molecule has 0 radical (unpaired) electrons. The number of hydrazone groups is 1. The van der Waals surface area contributed by atoms with Crippen LogP contribution >= 0.6 is 39.1 Å². The summed E-state index contributed by atoms with van der Waals surface area (Å²) in [5.41, 5.74) is 5.13. The number of nitrogens with zero attached hydrogens (tertiary/aromatic N) is 1. The molecule has 0 fully saturated rings. The summed E-state index contributed by atoms with van der Waals surface area (Å²) in [6, 6.07) is 12.5. The highest BCUT2D eigenvalue weighted by atomic mass is 79.9. The van der Waals surface area contributed by atoms with Gasteiger partial charge >= 0.3 is 0 Å². The van der Waals surface area contributed by atoms with Crippen LogP contribution in [0.25, 0.3) is 11.3 Å². The average molecular weight is 496 g/mol. The Labute approximate surface area is 186 Å². The van der Waals surface area contributed by atoms with Crippen LogP contribution in [0.1, 0.15) is 16.9 Å². The lowest BCUT2D eigenvalue weighted by Gasteiger charge is -2.11. The van der Waals surface area contributed by atoms with Gasteiger partial charge in [-0.25, -0.2) is 5.43 Å². The van der Waals surface area contributed by atoms with Gasteiger partial charge in [-0.15, -0.1) is 0 Å². The van der Waals surface area contributed by atoms with E-state index in [2.05, 4.69) is 26.5 Å². The Morgan fingerprint density at radius 3 is 2.76 bits per heavy atom. The number of halogens is 3. The molecule has 0 atom stereocenters. The number of amides is 1. The van der Waals surface area contributed by atoms with Crippen molar-refractivity contribution in [1.82, 2.24) is 5.43 Å². The molecule has 5 nitrogen and oxygen atoms in total. The van der Waals surface area contributed by atoms with Crippen LogP contribution in [0.3, 0.4) is 0 Å². The highest BCUT2D eigenvalue weighted by Crippen LogP contribution is 2.32. The Bertz CT molecular complexity index is 1060. The highest BCUT2D eigenvalue weighted by Gasteiger charge is 2.10. The molecule has 0 aliphatic heterocycles. The molecule has 2 aromatic carbocycles. The van der Waals surface area contributed by atoms with Crippen LogP contribution in [0.15, 0.2) is 56.5 Å². The average Bonchev–Trinajstić information content (AvgIpc) is 3.11. The van der Waals surface area contributed by atoms with E-state index >= 15 is 0 Å². The zero-order valence-electron chi connectivity index (χ0n) is 15.6. The van der Waals surface area contributed by atoms with Crippen molar-refractivity contribution in [1.29, 1.82) is 0 Å². The van der Waals surface area contributed by atoms with E-state index in [1.165, 1.54) is 6.21 Å². The summed E-state index contributed by atoms with van der Waals surface area (Å²) < 4.78 is 12.1. The van der Waals surface area contributed by atoms with Crippen molar-refractivity contribution < 1.29 is 13.9 Å². The van der Waals surface area contributed by atoms with Gasteiger partial charge in [0.2, 0.25) is 0 Å². The van der Waals surface area contributed by atoms with Gasteiger partial charge in [-0.3, -0.25) is 4.79 Å². The third-order valence-corrected chi connectivity index (χ3v) is 5.08. The molecule has 0 bridgehead atoms. The van der Waals surface area contributed by atoms with Crippen molar-refractivity contribution in [3.05, 3.63) is 73.9 Å². The molecule has 0 saturated heterocycles. The topological polar surface area (TPSA) is 63.8 Å². The number of carbonyl (C=O) groups is 1. The molecule has 0 saturated carbocycles. The SMILES string of the molecule is Cc1cc(C)c(OCC(=O)NN=Cc2ccc(-c3cc(Cl)ccc3Cl)o2)c(Br)c1. The molecule has 0 aliphatic rings. The minimum Gasteiger partial charge on any atom is -0.482 e. The van der Waals surface area contributed by atoms with Gasteiger partial charge in [0.15, 0.2) is 6.61 Å². The number of nitrogens with one attached hydrogen (secondary N) is 1. The molecule has 8 heteroatoms. The van der Waals surface area contributed by atoms with E-state index in [0.717, 1.165) is 15.6 Å². The molecule has 1 aromatic heterocycles. The molecule has 1 amide bonds. The summed E-state index contributed by atoms with van der Waals surface area (Å²) in [6.07, 6.45) is 1.40. The number of benzene rings is 2. The summed E-state index contributed by atoms with van der Waals surface area (Å²) in [6.45, 7) is 3.74. The molecular weight excluding hydrogens is 479 g/mol. The van der Waals surface area contributed by atoms with E-state index in [-0.39, 0.29) is 6.61 Å². The Morgan fingerprint density at radius 1 is 1.21 bits per heavy atom. The summed E-state index contributed by atoms with van der Waals surface area (Å²) in [5.74, 6) is 1.24. The van der Waals surface area contributed by atoms with Gasteiger partial charge in [0.25, 0.3) is 5.91 Å². The number of rotatable bonds is 6. The summed E-state index contributed by atoms with van der Waals surface area (Å²) >= 11 is 15.6. The maximum atomic E-state index is 12.0. The predicted molar refractivity (Wildman–Crippen MR) is 119 cm³/mol. The van der Waals surface area contributed by atoms with Gasteiger partial charge in [0.05, 0.1) is 15.7 Å². The van der Waals surface area contributed by atoms with Crippen LogP contribution < -0.4 is 10.2 Å². The minimum atomic E-state index is -0.391. The maximum absolute atomic E-state index is 12.0.